The van der Waals surface area contributed by atoms with Crippen LogP contribution in [0, 0.1) is 0 Å². The second-order valence-electron chi connectivity index (χ2n) is 6.96. The van der Waals surface area contributed by atoms with Crippen LogP contribution in [0.15, 0.2) is 71.6 Å². The molecule has 0 saturated heterocycles. The number of carbonyl (C=O) groups is 1. The zero-order chi connectivity index (χ0) is 20.9. The van der Waals surface area contributed by atoms with E-state index in [1.807, 2.05) is 67.6 Å². The van der Waals surface area contributed by atoms with Crippen molar-refractivity contribution < 1.29 is 14.3 Å². The molecule has 1 aliphatic heterocycles. The molecule has 0 saturated carbocycles. The Morgan fingerprint density at radius 1 is 1.13 bits per heavy atom. The molecule has 1 amide bonds. The molecule has 5 nitrogen and oxygen atoms in total. The molecule has 0 spiro atoms. The summed E-state index contributed by atoms with van der Waals surface area (Å²) >= 11 is 4.28. The summed E-state index contributed by atoms with van der Waals surface area (Å²) in [5.41, 5.74) is 3.58. The van der Waals surface area contributed by atoms with Gasteiger partial charge in [-0.15, -0.1) is 12.6 Å². The second-order valence-corrected chi connectivity index (χ2v) is 7.48. The van der Waals surface area contributed by atoms with E-state index in [-0.39, 0.29) is 5.91 Å². The normalized spacial score (nSPS) is 12.7. The Balaban J connectivity index is 1.50. The van der Waals surface area contributed by atoms with Crippen molar-refractivity contribution in [2.24, 2.45) is 0 Å². The van der Waals surface area contributed by atoms with Gasteiger partial charge in [0.15, 0.2) is 0 Å². The summed E-state index contributed by atoms with van der Waals surface area (Å²) in [7, 11) is 0. The smallest absolute Gasteiger partial charge is 0.251 e. The molecule has 6 heteroatoms. The van der Waals surface area contributed by atoms with Crippen LogP contribution in [0.3, 0.4) is 0 Å². The molecule has 0 aliphatic carbocycles. The van der Waals surface area contributed by atoms with Crippen molar-refractivity contribution in [1.82, 2.24) is 5.32 Å². The van der Waals surface area contributed by atoms with E-state index in [4.69, 9.17) is 9.47 Å². The standard InChI is InChI=1S/C24H24N2O3S/c1-2-28-20-5-3-4-19(15-20)26-12-13-29-23-14-18(8-11-22(23)26)24(27)25-16-17-6-9-21(30)10-7-17/h3-11,14-15,30H,2,12-13,16H2,1H3,(H,25,27). The molecule has 3 aromatic rings. The quantitative estimate of drug-likeness (QED) is 0.561. The van der Waals surface area contributed by atoms with Crippen LogP contribution < -0.4 is 19.7 Å². The fourth-order valence-corrected chi connectivity index (χ4v) is 3.58. The lowest BCUT2D eigenvalue weighted by Crippen LogP contribution is -2.29. The predicted octanol–water partition coefficient (Wildman–Crippen LogP) is 4.83. The van der Waals surface area contributed by atoms with Crippen molar-refractivity contribution in [1.29, 1.82) is 0 Å². The molecular formula is C24H24N2O3S. The van der Waals surface area contributed by atoms with E-state index in [0.29, 0.717) is 31.1 Å². The third kappa shape index (κ3) is 4.54. The van der Waals surface area contributed by atoms with Gasteiger partial charge in [0, 0.05) is 28.8 Å². The summed E-state index contributed by atoms with van der Waals surface area (Å²) in [5, 5.41) is 2.96. The van der Waals surface area contributed by atoms with Crippen LogP contribution in [0.1, 0.15) is 22.8 Å². The average molecular weight is 421 g/mol. The van der Waals surface area contributed by atoms with Gasteiger partial charge < -0.3 is 19.7 Å². The molecule has 4 rings (SSSR count). The first-order valence-corrected chi connectivity index (χ1v) is 10.4. The van der Waals surface area contributed by atoms with Crippen LogP contribution in [0.2, 0.25) is 0 Å². The van der Waals surface area contributed by atoms with Gasteiger partial charge >= 0.3 is 0 Å². The number of nitrogens with one attached hydrogen (secondary N) is 1. The molecule has 0 bridgehead atoms. The first-order valence-electron chi connectivity index (χ1n) is 9.97. The zero-order valence-corrected chi connectivity index (χ0v) is 17.7. The highest BCUT2D eigenvalue weighted by Crippen LogP contribution is 2.38. The molecule has 0 radical (unpaired) electrons. The maximum atomic E-state index is 12.6. The minimum Gasteiger partial charge on any atom is -0.494 e. The van der Waals surface area contributed by atoms with E-state index in [1.54, 1.807) is 6.07 Å². The number of anilines is 2. The van der Waals surface area contributed by atoms with Gasteiger partial charge in [-0.05, 0) is 55.0 Å². The third-order valence-corrected chi connectivity index (χ3v) is 5.21. The lowest BCUT2D eigenvalue weighted by molar-refractivity contribution is 0.0950. The number of hydrogen-bond acceptors (Lipinski definition) is 5. The molecule has 0 aromatic heterocycles. The Hall–Kier alpha value is -3.12. The monoisotopic (exact) mass is 420 g/mol. The highest BCUT2D eigenvalue weighted by Gasteiger charge is 2.21. The lowest BCUT2D eigenvalue weighted by atomic mass is 10.1. The maximum absolute atomic E-state index is 12.6. The van der Waals surface area contributed by atoms with Crippen molar-refractivity contribution >= 4 is 29.9 Å². The molecule has 3 aromatic carbocycles. The predicted molar refractivity (Wildman–Crippen MR) is 121 cm³/mol. The molecule has 1 aliphatic rings. The summed E-state index contributed by atoms with van der Waals surface area (Å²) in [4.78, 5) is 15.7. The fraction of sp³-hybridized carbons (Fsp3) is 0.208. The third-order valence-electron chi connectivity index (χ3n) is 4.91. The number of amides is 1. The summed E-state index contributed by atoms with van der Waals surface area (Å²) in [6.45, 7) is 4.34. The fourth-order valence-electron chi connectivity index (χ4n) is 3.44. The van der Waals surface area contributed by atoms with Crippen molar-refractivity contribution in [3.8, 4) is 11.5 Å². The highest BCUT2D eigenvalue weighted by molar-refractivity contribution is 7.80. The number of hydrogen-bond donors (Lipinski definition) is 2. The van der Waals surface area contributed by atoms with Crippen molar-refractivity contribution in [3.05, 3.63) is 77.9 Å². The number of carbonyl (C=O) groups excluding carboxylic acids is 1. The van der Waals surface area contributed by atoms with Gasteiger partial charge in [0.1, 0.15) is 18.1 Å². The Morgan fingerprint density at radius 2 is 1.97 bits per heavy atom. The van der Waals surface area contributed by atoms with Gasteiger partial charge in [0.25, 0.3) is 5.91 Å². The lowest BCUT2D eigenvalue weighted by Gasteiger charge is -2.31. The van der Waals surface area contributed by atoms with Crippen LogP contribution in [0.25, 0.3) is 0 Å². The minimum absolute atomic E-state index is 0.133. The number of nitrogens with zero attached hydrogens (tertiary/aromatic N) is 1. The van der Waals surface area contributed by atoms with Crippen LogP contribution in [0.4, 0.5) is 11.4 Å². The first-order chi connectivity index (χ1) is 14.6. The maximum Gasteiger partial charge on any atom is 0.251 e. The van der Waals surface area contributed by atoms with E-state index >= 15 is 0 Å². The Morgan fingerprint density at radius 3 is 2.77 bits per heavy atom. The summed E-state index contributed by atoms with van der Waals surface area (Å²) < 4.78 is 11.5. The SMILES string of the molecule is CCOc1cccc(N2CCOc3cc(C(=O)NCc4ccc(S)cc4)ccc32)c1. The van der Waals surface area contributed by atoms with E-state index in [0.717, 1.165) is 34.1 Å². The van der Waals surface area contributed by atoms with Gasteiger partial charge in [-0.2, -0.15) is 0 Å². The van der Waals surface area contributed by atoms with E-state index in [1.165, 1.54) is 0 Å². The molecule has 0 fully saturated rings. The zero-order valence-electron chi connectivity index (χ0n) is 16.8. The van der Waals surface area contributed by atoms with Crippen LogP contribution >= 0.6 is 12.6 Å². The number of ether oxygens (including phenoxy) is 2. The largest absolute Gasteiger partial charge is 0.494 e. The van der Waals surface area contributed by atoms with Gasteiger partial charge in [-0.3, -0.25) is 4.79 Å². The van der Waals surface area contributed by atoms with Gasteiger partial charge in [-0.1, -0.05) is 18.2 Å². The van der Waals surface area contributed by atoms with Crippen LogP contribution in [0.5, 0.6) is 11.5 Å². The van der Waals surface area contributed by atoms with E-state index in [2.05, 4.69) is 22.8 Å². The Bertz CT molecular complexity index is 1040. The van der Waals surface area contributed by atoms with Crippen molar-refractivity contribution in [2.45, 2.75) is 18.4 Å². The van der Waals surface area contributed by atoms with Crippen molar-refractivity contribution in [3.63, 3.8) is 0 Å². The van der Waals surface area contributed by atoms with E-state index in [9.17, 15) is 4.79 Å². The van der Waals surface area contributed by atoms with E-state index < -0.39 is 0 Å². The van der Waals surface area contributed by atoms with Crippen molar-refractivity contribution in [2.75, 3.05) is 24.7 Å². The second kappa shape index (κ2) is 9.13. The number of rotatable bonds is 6. The molecule has 0 unspecified atom stereocenters. The number of fused-ring (bicyclic) bond motifs is 1. The van der Waals surface area contributed by atoms with Gasteiger partial charge in [0.05, 0.1) is 18.8 Å². The molecular weight excluding hydrogens is 396 g/mol. The molecule has 1 heterocycles. The Labute approximate surface area is 182 Å². The summed E-state index contributed by atoms with van der Waals surface area (Å²) in [6.07, 6.45) is 0. The van der Waals surface area contributed by atoms with Gasteiger partial charge in [0.2, 0.25) is 0 Å². The minimum atomic E-state index is -0.133. The average Bonchev–Trinajstić information content (AvgIpc) is 2.78. The molecule has 0 atom stereocenters. The number of benzene rings is 3. The van der Waals surface area contributed by atoms with Crippen LogP contribution in [-0.2, 0) is 6.54 Å². The first kappa shape index (κ1) is 20.2. The summed E-state index contributed by atoms with van der Waals surface area (Å²) in [5.74, 6) is 1.41. The topological polar surface area (TPSA) is 50.8 Å². The molecule has 1 N–H and O–H groups in total. The summed E-state index contributed by atoms with van der Waals surface area (Å²) in [6, 6.07) is 21.3. The molecule has 154 valence electrons. The number of thiol groups is 1. The van der Waals surface area contributed by atoms with Crippen LogP contribution in [-0.4, -0.2) is 25.7 Å². The van der Waals surface area contributed by atoms with Gasteiger partial charge in [-0.25, -0.2) is 0 Å². The molecule has 30 heavy (non-hydrogen) atoms. The Kier molecular flexibility index (Phi) is 6.14. The highest BCUT2D eigenvalue weighted by atomic mass is 32.1.